The molecule has 4 aliphatic carbocycles. The van der Waals surface area contributed by atoms with Crippen molar-refractivity contribution in [2.45, 2.75) is 37.5 Å². The second kappa shape index (κ2) is 13.9. The molecule has 64 heavy (non-hydrogen) atoms. The van der Waals surface area contributed by atoms with Crippen LogP contribution in [0.25, 0.3) is 84.0 Å². The maximum absolute atomic E-state index is 5.43. The van der Waals surface area contributed by atoms with Crippen molar-refractivity contribution in [1.82, 2.24) is 15.0 Å². The minimum absolute atomic E-state index is 0.0559. The van der Waals surface area contributed by atoms with Crippen LogP contribution in [0.4, 0.5) is 0 Å². The lowest BCUT2D eigenvalue weighted by atomic mass is 9.68. The van der Waals surface area contributed by atoms with Crippen molar-refractivity contribution in [1.29, 1.82) is 0 Å². The lowest BCUT2D eigenvalue weighted by molar-refractivity contribution is 0.660. The predicted molar refractivity (Wildman–Crippen MR) is 262 cm³/mol. The summed E-state index contributed by atoms with van der Waals surface area (Å²) in [5.74, 6) is 0.714. The zero-order valence-electron chi connectivity index (χ0n) is 35.8. The molecule has 0 N–H and O–H groups in total. The van der Waals surface area contributed by atoms with E-state index in [2.05, 4.69) is 201 Å². The minimum atomic E-state index is -0.368. The Balaban J connectivity index is 0.947. The van der Waals surface area contributed by atoms with Crippen molar-refractivity contribution < 1.29 is 0 Å². The van der Waals surface area contributed by atoms with Crippen molar-refractivity contribution in [2.24, 2.45) is 0 Å². The van der Waals surface area contributed by atoms with Crippen molar-refractivity contribution in [3.63, 3.8) is 0 Å². The van der Waals surface area contributed by atoms with Gasteiger partial charge in [-0.05, 0) is 126 Å². The Hall–Kier alpha value is -7.75. The summed E-state index contributed by atoms with van der Waals surface area (Å²) in [5, 5.41) is 0. The highest BCUT2D eigenvalue weighted by Gasteiger charge is 2.52. The SMILES string of the molecule is CC1(C)c2ccccc2-c2ccc(-c3ccc(-c4cc(-c5ccc(-c6cccnc6)cc5)nc(-c5ccc6c(c5)C5(C7=C6C=CCC7)c6ccccc6-c6ccccc65)n4)cc3)cc21. The molecule has 13 rings (SSSR count). The van der Waals surface area contributed by atoms with Gasteiger partial charge in [0.05, 0.1) is 16.8 Å². The van der Waals surface area contributed by atoms with Gasteiger partial charge in [-0.3, -0.25) is 4.98 Å². The number of hydrogen-bond donors (Lipinski definition) is 0. The van der Waals surface area contributed by atoms with Crippen LogP contribution in [0, 0.1) is 0 Å². The Morgan fingerprint density at radius 1 is 0.422 bits per heavy atom. The minimum Gasteiger partial charge on any atom is -0.264 e. The van der Waals surface area contributed by atoms with E-state index in [0.717, 1.165) is 52.0 Å². The molecule has 0 atom stereocenters. The van der Waals surface area contributed by atoms with Crippen LogP contribution in [-0.2, 0) is 10.8 Å². The average Bonchev–Trinajstić information content (AvgIpc) is 3.92. The van der Waals surface area contributed by atoms with Gasteiger partial charge >= 0.3 is 0 Å². The second-order valence-corrected chi connectivity index (χ2v) is 18.2. The van der Waals surface area contributed by atoms with Gasteiger partial charge in [0.1, 0.15) is 0 Å². The van der Waals surface area contributed by atoms with Gasteiger partial charge in [0.15, 0.2) is 5.82 Å². The molecule has 0 aliphatic heterocycles. The van der Waals surface area contributed by atoms with Gasteiger partial charge < -0.3 is 0 Å². The monoisotopic (exact) mass is 817 g/mol. The summed E-state index contributed by atoms with van der Waals surface area (Å²) in [4.78, 5) is 15.2. The van der Waals surface area contributed by atoms with Crippen molar-refractivity contribution in [3.05, 3.63) is 239 Å². The van der Waals surface area contributed by atoms with Crippen LogP contribution in [0.15, 0.2) is 206 Å². The van der Waals surface area contributed by atoms with Crippen molar-refractivity contribution in [3.8, 4) is 78.4 Å². The van der Waals surface area contributed by atoms with Gasteiger partial charge in [0, 0.05) is 34.5 Å². The van der Waals surface area contributed by atoms with Crippen molar-refractivity contribution in [2.75, 3.05) is 0 Å². The molecule has 1 spiro atoms. The fourth-order valence-corrected chi connectivity index (χ4v) is 11.5. The summed E-state index contributed by atoms with van der Waals surface area (Å²) in [6.07, 6.45) is 10.5. The van der Waals surface area contributed by atoms with Gasteiger partial charge in [-0.1, -0.05) is 178 Å². The van der Waals surface area contributed by atoms with Crippen LogP contribution >= 0.6 is 0 Å². The molecule has 9 aromatic rings. The third-order valence-corrected chi connectivity index (χ3v) is 14.5. The van der Waals surface area contributed by atoms with E-state index in [1.165, 1.54) is 77.9 Å². The molecule has 3 heteroatoms. The smallest absolute Gasteiger partial charge is 0.160 e. The van der Waals surface area contributed by atoms with E-state index >= 15 is 0 Å². The molecular formula is C61H43N3. The van der Waals surface area contributed by atoms with Crippen LogP contribution in [-0.4, -0.2) is 15.0 Å². The highest BCUT2D eigenvalue weighted by Crippen LogP contribution is 2.63. The quantitative estimate of drug-likeness (QED) is 0.174. The molecule has 0 amide bonds. The van der Waals surface area contributed by atoms with Gasteiger partial charge in [0.25, 0.3) is 0 Å². The van der Waals surface area contributed by atoms with Gasteiger partial charge in [0.2, 0.25) is 0 Å². The summed E-state index contributed by atoms with van der Waals surface area (Å²) >= 11 is 0. The number of aromatic nitrogens is 3. The van der Waals surface area contributed by atoms with Crippen LogP contribution in [0.2, 0.25) is 0 Å². The Bertz CT molecular complexity index is 3400. The molecule has 0 bridgehead atoms. The lowest BCUT2D eigenvalue weighted by Gasteiger charge is -2.33. The first kappa shape index (κ1) is 36.9. The first-order chi connectivity index (χ1) is 31.5. The van der Waals surface area contributed by atoms with E-state index in [-0.39, 0.29) is 10.8 Å². The van der Waals surface area contributed by atoms with E-state index in [1.807, 2.05) is 18.5 Å². The Morgan fingerprint density at radius 2 is 0.953 bits per heavy atom. The molecule has 0 unspecified atom stereocenters. The molecule has 4 aliphatic rings. The zero-order valence-corrected chi connectivity index (χ0v) is 35.8. The molecule has 0 radical (unpaired) electrons. The topological polar surface area (TPSA) is 38.7 Å². The number of pyridine rings is 1. The summed E-state index contributed by atoms with van der Waals surface area (Å²) in [7, 11) is 0. The van der Waals surface area contributed by atoms with Crippen molar-refractivity contribution >= 4 is 5.57 Å². The number of fused-ring (bicyclic) bond motifs is 12. The van der Waals surface area contributed by atoms with Crippen LogP contribution in [0.3, 0.4) is 0 Å². The standard InChI is InChI=1S/C61H43N3/c1-60(2)51-17-7-3-13-45(51)49-31-29-42(34-55(49)60)38-21-25-40(26-22-38)57-36-58(41-27-23-39(24-28-41)44-12-11-33-62-37-44)64-59(63-57)43-30-32-50-48-16-6-10-20-54(48)61(56(50)35-43)52-18-8-4-14-46(52)47-15-5-9-19-53(47)61/h3-9,11-19,21-37H,10,20H2,1-2H3. The highest BCUT2D eigenvalue weighted by atomic mass is 14.9. The van der Waals surface area contributed by atoms with Crippen LogP contribution in [0.5, 0.6) is 0 Å². The molecule has 3 nitrogen and oxygen atoms in total. The maximum Gasteiger partial charge on any atom is 0.160 e. The summed E-state index contributed by atoms with van der Waals surface area (Å²) in [6.45, 7) is 4.69. The number of benzene rings is 7. The normalized spacial score (nSPS) is 15.3. The first-order valence-electron chi connectivity index (χ1n) is 22.5. The Labute approximate surface area is 374 Å². The van der Waals surface area contributed by atoms with E-state index in [0.29, 0.717) is 5.82 Å². The third-order valence-electron chi connectivity index (χ3n) is 14.5. The summed E-state index contributed by atoms with van der Waals surface area (Å²) in [5.41, 5.74) is 25.4. The maximum atomic E-state index is 5.43. The third kappa shape index (κ3) is 5.31. The zero-order chi connectivity index (χ0) is 42.6. The van der Waals surface area contributed by atoms with E-state index in [9.17, 15) is 0 Å². The van der Waals surface area contributed by atoms with Gasteiger partial charge in [-0.15, -0.1) is 0 Å². The second-order valence-electron chi connectivity index (χ2n) is 18.2. The number of nitrogens with zero attached hydrogens (tertiary/aromatic N) is 3. The molecule has 2 heterocycles. The summed E-state index contributed by atoms with van der Waals surface area (Å²) < 4.78 is 0. The Kier molecular flexibility index (Phi) is 7.99. The fraction of sp³-hybridized carbons (Fsp3) is 0.0984. The number of hydrogen-bond acceptors (Lipinski definition) is 3. The molecule has 0 fully saturated rings. The van der Waals surface area contributed by atoms with Crippen LogP contribution in [0.1, 0.15) is 60.1 Å². The van der Waals surface area contributed by atoms with E-state index in [4.69, 9.17) is 9.97 Å². The molecule has 2 aromatic heterocycles. The Morgan fingerprint density at radius 3 is 1.61 bits per heavy atom. The van der Waals surface area contributed by atoms with E-state index in [1.54, 1.807) is 0 Å². The lowest BCUT2D eigenvalue weighted by Crippen LogP contribution is -2.27. The molecule has 302 valence electrons. The van der Waals surface area contributed by atoms with E-state index < -0.39 is 0 Å². The fourth-order valence-electron chi connectivity index (χ4n) is 11.5. The van der Waals surface area contributed by atoms with Crippen LogP contribution < -0.4 is 0 Å². The first-order valence-corrected chi connectivity index (χ1v) is 22.5. The van der Waals surface area contributed by atoms with Gasteiger partial charge in [-0.2, -0.15) is 0 Å². The average molecular weight is 818 g/mol. The van der Waals surface area contributed by atoms with Gasteiger partial charge in [-0.25, -0.2) is 9.97 Å². The molecule has 0 saturated heterocycles. The largest absolute Gasteiger partial charge is 0.264 e. The predicted octanol–water partition coefficient (Wildman–Crippen LogP) is 14.9. The number of allylic oxidation sites excluding steroid dienone is 4. The molecule has 0 saturated carbocycles. The summed E-state index contributed by atoms with van der Waals surface area (Å²) in [6, 6.07) is 64.7. The number of rotatable bonds is 5. The highest BCUT2D eigenvalue weighted by molar-refractivity contribution is 5.98. The molecular weight excluding hydrogens is 775 g/mol. The molecule has 7 aromatic carbocycles.